The van der Waals surface area contributed by atoms with Gasteiger partial charge in [0.15, 0.2) is 5.78 Å². The Kier molecular flexibility index (Phi) is 12.3. The van der Waals surface area contributed by atoms with Gasteiger partial charge in [-0.05, 0) is 63.6 Å². The Bertz CT molecular complexity index is 1580. The topological polar surface area (TPSA) is 86.7 Å². The van der Waals surface area contributed by atoms with Crippen molar-refractivity contribution >= 4 is 45.0 Å². The van der Waals surface area contributed by atoms with Crippen LogP contribution in [0.2, 0.25) is 0 Å². The van der Waals surface area contributed by atoms with Gasteiger partial charge in [0.25, 0.3) is 0 Å². The zero-order chi connectivity index (χ0) is 32.2. The van der Waals surface area contributed by atoms with E-state index in [-0.39, 0.29) is 23.2 Å². The molecule has 0 unspecified atom stereocenters. The third-order valence-corrected chi connectivity index (χ3v) is 6.74. The largest absolute Gasteiger partial charge is 0.423 e. The Labute approximate surface area is 259 Å². The van der Waals surface area contributed by atoms with Crippen LogP contribution in [0.25, 0.3) is 21.5 Å². The molecule has 44 heavy (non-hydrogen) atoms. The van der Waals surface area contributed by atoms with Gasteiger partial charge in [0.2, 0.25) is 0 Å². The van der Waals surface area contributed by atoms with Crippen LogP contribution in [0.5, 0.6) is 11.5 Å². The van der Waals surface area contributed by atoms with E-state index in [1.54, 1.807) is 0 Å². The number of hydrogen-bond donors (Lipinski definition) is 0. The van der Waals surface area contributed by atoms with Gasteiger partial charge in [-0.15, -0.1) is 0 Å². The molecular formula is C38H40O6. The van der Waals surface area contributed by atoms with E-state index in [2.05, 4.69) is 81.6 Å². The van der Waals surface area contributed by atoms with E-state index in [4.69, 9.17) is 9.47 Å². The molecule has 0 N–H and O–H groups in total. The molecule has 4 rings (SSSR count). The van der Waals surface area contributed by atoms with Gasteiger partial charge in [0.1, 0.15) is 17.3 Å². The molecule has 0 saturated heterocycles. The normalized spacial score (nSPS) is 10.7. The van der Waals surface area contributed by atoms with Crippen LogP contribution >= 0.6 is 0 Å². The minimum absolute atomic E-state index is 0.103. The van der Waals surface area contributed by atoms with E-state index in [1.165, 1.54) is 45.3 Å². The molecule has 6 nitrogen and oxygen atoms in total. The molecule has 4 aromatic carbocycles. The number of carbonyl (C=O) groups is 4. The predicted octanol–water partition coefficient (Wildman–Crippen LogP) is 8.64. The van der Waals surface area contributed by atoms with Crippen molar-refractivity contribution in [2.24, 2.45) is 11.8 Å². The van der Waals surface area contributed by atoms with Crippen molar-refractivity contribution in [2.75, 3.05) is 0 Å². The van der Waals surface area contributed by atoms with Crippen LogP contribution in [0, 0.1) is 11.8 Å². The molecule has 0 radical (unpaired) electrons. The van der Waals surface area contributed by atoms with Gasteiger partial charge in [-0.1, -0.05) is 89.4 Å². The Morgan fingerprint density at radius 3 is 1.61 bits per heavy atom. The first-order valence-corrected chi connectivity index (χ1v) is 14.8. The van der Waals surface area contributed by atoms with Gasteiger partial charge in [-0.25, -0.2) is 9.59 Å². The molecule has 228 valence electrons. The van der Waals surface area contributed by atoms with Crippen LogP contribution in [0.1, 0.15) is 62.9 Å². The number of esters is 2. The lowest BCUT2D eigenvalue weighted by atomic mass is 9.92. The average molecular weight is 593 g/mol. The lowest BCUT2D eigenvalue weighted by Crippen LogP contribution is -2.09. The van der Waals surface area contributed by atoms with E-state index in [9.17, 15) is 19.2 Å². The van der Waals surface area contributed by atoms with Gasteiger partial charge in [-0.2, -0.15) is 0 Å². The summed E-state index contributed by atoms with van der Waals surface area (Å²) >= 11 is 0. The summed E-state index contributed by atoms with van der Waals surface area (Å²) in [4.78, 5) is 46.8. The van der Waals surface area contributed by atoms with Crippen molar-refractivity contribution < 1.29 is 28.7 Å². The fraction of sp³-hybridized carbons (Fsp3) is 0.263. The molecular weight excluding hydrogens is 552 g/mol. The maximum Gasteiger partial charge on any atom is 0.335 e. The quantitative estimate of drug-likeness (QED) is 0.0538. The van der Waals surface area contributed by atoms with Gasteiger partial charge in [0, 0.05) is 43.0 Å². The van der Waals surface area contributed by atoms with Crippen LogP contribution in [-0.2, 0) is 20.8 Å². The highest BCUT2D eigenvalue weighted by Crippen LogP contribution is 2.30. The second kappa shape index (κ2) is 16.1. The number of ketones is 2. The molecule has 0 aliphatic rings. The SMILES string of the molecule is C=CC(=O)Oc1cc(OC(=O)C=C)cc(C(=O)CC(C)C)c1.CC(C)CC(=O)CCc1c2ccccc2cc2ccccc12. The number of hydrogen-bond acceptors (Lipinski definition) is 6. The number of aryl methyl sites for hydroxylation is 1. The minimum atomic E-state index is -0.672. The molecule has 0 heterocycles. The van der Waals surface area contributed by atoms with Gasteiger partial charge in [0.05, 0.1) is 0 Å². The van der Waals surface area contributed by atoms with Crippen molar-refractivity contribution in [3.63, 3.8) is 0 Å². The van der Waals surface area contributed by atoms with Crippen LogP contribution < -0.4 is 9.47 Å². The summed E-state index contributed by atoms with van der Waals surface area (Å²) in [5.74, 6) is -0.293. The highest BCUT2D eigenvalue weighted by molar-refractivity contribution is 6.02. The summed E-state index contributed by atoms with van der Waals surface area (Å²) in [5, 5.41) is 5.07. The van der Waals surface area contributed by atoms with Gasteiger partial charge >= 0.3 is 11.9 Å². The molecule has 0 aliphatic carbocycles. The van der Waals surface area contributed by atoms with Gasteiger partial charge in [-0.3, -0.25) is 9.59 Å². The second-order valence-corrected chi connectivity index (χ2v) is 11.4. The van der Waals surface area contributed by atoms with Crippen molar-refractivity contribution in [3.8, 4) is 11.5 Å². The van der Waals surface area contributed by atoms with E-state index >= 15 is 0 Å². The van der Waals surface area contributed by atoms with Crippen molar-refractivity contribution in [1.82, 2.24) is 0 Å². The van der Waals surface area contributed by atoms with E-state index in [1.807, 2.05) is 13.8 Å². The summed E-state index contributed by atoms with van der Waals surface area (Å²) < 4.78 is 9.98. The molecule has 0 aliphatic heterocycles. The first-order chi connectivity index (χ1) is 21.0. The molecule has 6 heteroatoms. The molecule has 0 spiro atoms. The summed E-state index contributed by atoms with van der Waals surface area (Å²) in [6.07, 6.45) is 4.47. The van der Waals surface area contributed by atoms with Crippen molar-refractivity contribution in [3.05, 3.63) is 109 Å². The number of Topliss-reactive ketones (excluding diaryl/α,β-unsaturated/α-hetero) is 2. The average Bonchev–Trinajstić information content (AvgIpc) is 2.98. The van der Waals surface area contributed by atoms with Crippen molar-refractivity contribution in [2.45, 2.75) is 53.4 Å². The fourth-order valence-corrected chi connectivity index (χ4v) is 4.85. The van der Waals surface area contributed by atoms with Crippen molar-refractivity contribution in [1.29, 1.82) is 0 Å². The zero-order valence-electron chi connectivity index (χ0n) is 25.9. The predicted molar refractivity (Wildman–Crippen MR) is 176 cm³/mol. The summed E-state index contributed by atoms with van der Waals surface area (Å²) in [5.41, 5.74) is 1.61. The molecule has 0 aromatic heterocycles. The van der Waals surface area contributed by atoms with Crippen LogP contribution in [-0.4, -0.2) is 23.5 Å². The van der Waals surface area contributed by atoms with Crippen LogP contribution in [0.15, 0.2) is 98.1 Å². The molecule has 0 bridgehead atoms. The summed E-state index contributed by atoms with van der Waals surface area (Å²) in [6.45, 7) is 14.6. The van der Waals surface area contributed by atoms with Gasteiger partial charge < -0.3 is 9.47 Å². The fourth-order valence-electron chi connectivity index (χ4n) is 4.85. The Morgan fingerprint density at radius 2 is 1.16 bits per heavy atom. The lowest BCUT2D eigenvalue weighted by Gasteiger charge is -2.12. The smallest absolute Gasteiger partial charge is 0.335 e. The molecule has 0 saturated carbocycles. The number of ether oxygens (including phenoxy) is 2. The number of benzene rings is 4. The van der Waals surface area contributed by atoms with Crippen LogP contribution in [0.4, 0.5) is 0 Å². The standard InChI is InChI=1S/C21H22O.C17H18O5/c1-15(2)13-18(22)11-12-21-19-9-5-3-7-16(19)14-17-8-4-6-10-20(17)21;1-5-16(19)21-13-8-12(15(18)7-11(3)4)9-14(10-13)22-17(20)6-2/h3-10,14-15H,11-13H2,1-2H3;5-6,8-11H,1-2,7H2,3-4H3. The highest BCUT2D eigenvalue weighted by Gasteiger charge is 2.15. The summed E-state index contributed by atoms with van der Waals surface area (Å²) in [7, 11) is 0. The summed E-state index contributed by atoms with van der Waals surface area (Å²) in [6, 6.07) is 23.4. The van der Waals surface area contributed by atoms with E-state index in [0.717, 1.165) is 18.6 Å². The van der Waals surface area contributed by atoms with E-state index < -0.39 is 11.9 Å². The molecule has 0 fully saturated rings. The zero-order valence-corrected chi connectivity index (χ0v) is 25.9. The van der Waals surface area contributed by atoms with Crippen LogP contribution in [0.3, 0.4) is 0 Å². The Hall–Kier alpha value is -4.84. The first-order valence-electron chi connectivity index (χ1n) is 14.8. The highest BCUT2D eigenvalue weighted by atomic mass is 16.5. The van der Waals surface area contributed by atoms with E-state index in [0.29, 0.717) is 36.5 Å². The second-order valence-electron chi connectivity index (χ2n) is 11.4. The molecule has 4 aromatic rings. The number of carbonyl (C=O) groups excluding carboxylic acids is 4. The first kappa shape index (κ1) is 33.7. The lowest BCUT2D eigenvalue weighted by molar-refractivity contribution is -0.129. The Morgan fingerprint density at radius 1 is 0.682 bits per heavy atom. The third kappa shape index (κ3) is 9.87. The third-order valence-electron chi connectivity index (χ3n) is 6.74. The maximum absolute atomic E-state index is 12.1. The monoisotopic (exact) mass is 592 g/mol. The maximum atomic E-state index is 12.1. The molecule has 0 amide bonds. The number of rotatable bonds is 12. The minimum Gasteiger partial charge on any atom is -0.423 e. The molecule has 0 atom stereocenters. The number of fused-ring (bicyclic) bond motifs is 2. The Balaban J connectivity index is 0.000000240.